The minimum atomic E-state index is 0.342. The van der Waals surface area contributed by atoms with Crippen molar-refractivity contribution in [3.63, 3.8) is 0 Å². The lowest BCUT2D eigenvalue weighted by molar-refractivity contribution is -0.0193. The van der Waals surface area contributed by atoms with Crippen molar-refractivity contribution >= 4 is 11.6 Å². The number of aromatic nitrogens is 3. The fourth-order valence-corrected chi connectivity index (χ4v) is 2.76. The summed E-state index contributed by atoms with van der Waals surface area (Å²) in [6.07, 6.45) is 2.30. The molecule has 3 rings (SSSR count). The summed E-state index contributed by atoms with van der Waals surface area (Å²) in [4.78, 5) is 0. The minimum Gasteiger partial charge on any atom is -0.378 e. The number of halogens is 1. The zero-order chi connectivity index (χ0) is 13.2. The Morgan fingerprint density at radius 2 is 2.00 bits per heavy atom. The first kappa shape index (κ1) is 12.6. The van der Waals surface area contributed by atoms with Crippen molar-refractivity contribution in [3.8, 4) is 11.4 Å². The summed E-state index contributed by atoms with van der Waals surface area (Å²) >= 11 is 6.18. The maximum Gasteiger partial charge on any atom is 0.225 e. The molecule has 1 aliphatic rings. The number of hydrogen-bond donors (Lipinski definition) is 0. The maximum absolute atomic E-state index is 6.18. The quantitative estimate of drug-likeness (QED) is 0.860. The van der Waals surface area contributed by atoms with Gasteiger partial charge in [0.15, 0.2) is 5.82 Å². The van der Waals surface area contributed by atoms with E-state index in [1.54, 1.807) is 0 Å². The van der Waals surface area contributed by atoms with Crippen molar-refractivity contribution in [2.75, 3.05) is 6.61 Å². The van der Waals surface area contributed by atoms with E-state index in [4.69, 9.17) is 16.3 Å². The summed E-state index contributed by atoms with van der Waals surface area (Å²) in [7, 11) is 0. The summed E-state index contributed by atoms with van der Waals surface area (Å²) in [5.41, 5.74) is 1.04. The van der Waals surface area contributed by atoms with Crippen molar-refractivity contribution in [1.82, 2.24) is 14.8 Å². The van der Waals surface area contributed by atoms with Crippen LogP contribution in [0.2, 0.25) is 5.28 Å². The largest absolute Gasteiger partial charge is 0.378 e. The molecular weight excluding hydrogens is 262 g/mol. The number of ether oxygens (including phenoxy) is 1. The number of rotatable bonds is 4. The molecule has 19 heavy (non-hydrogen) atoms. The highest BCUT2D eigenvalue weighted by Crippen LogP contribution is 2.38. The highest BCUT2D eigenvalue weighted by molar-refractivity contribution is 6.28. The normalized spacial score (nSPS) is 22.2. The molecule has 100 valence electrons. The number of hydrogen-bond acceptors (Lipinski definition) is 3. The third-order valence-electron chi connectivity index (χ3n) is 3.52. The van der Waals surface area contributed by atoms with Gasteiger partial charge in [-0.1, -0.05) is 30.3 Å². The van der Waals surface area contributed by atoms with Gasteiger partial charge in [0.05, 0.1) is 6.10 Å². The Morgan fingerprint density at radius 1 is 1.26 bits per heavy atom. The van der Waals surface area contributed by atoms with E-state index in [2.05, 4.69) is 10.2 Å². The molecule has 5 heteroatoms. The second-order valence-electron chi connectivity index (χ2n) is 4.73. The highest BCUT2D eigenvalue weighted by atomic mass is 35.5. The molecule has 0 saturated heterocycles. The molecule has 1 aliphatic carbocycles. The Hall–Kier alpha value is -1.39. The summed E-state index contributed by atoms with van der Waals surface area (Å²) in [5, 5.41) is 8.66. The molecule has 0 aliphatic heterocycles. The molecule has 1 heterocycles. The van der Waals surface area contributed by atoms with Crippen molar-refractivity contribution in [2.45, 2.75) is 31.9 Å². The molecule has 1 aromatic carbocycles. The van der Waals surface area contributed by atoms with Gasteiger partial charge in [-0.2, -0.15) is 0 Å². The average Bonchev–Trinajstić information content (AvgIpc) is 2.76. The van der Waals surface area contributed by atoms with Crippen LogP contribution >= 0.6 is 11.6 Å². The SMILES string of the molecule is CCOC1CC(n2c(Cl)nnc2-c2ccccc2)C1. The van der Waals surface area contributed by atoms with Crippen LogP contribution in [0.3, 0.4) is 0 Å². The van der Waals surface area contributed by atoms with Gasteiger partial charge in [-0.25, -0.2) is 0 Å². The Kier molecular flexibility index (Phi) is 3.53. The van der Waals surface area contributed by atoms with Crippen LogP contribution in [0.15, 0.2) is 30.3 Å². The van der Waals surface area contributed by atoms with E-state index in [1.807, 2.05) is 41.8 Å². The van der Waals surface area contributed by atoms with Gasteiger partial charge in [-0.05, 0) is 31.4 Å². The second kappa shape index (κ2) is 5.31. The van der Waals surface area contributed by atoms with Gasteiger partial charge in [0.1, 0.15) is 0 Å². The second-order valence-corrected chi connectivity index (χ2v) is 5.07. The van der Waals surface area contributed by atoms with Gasteiger partial charge in [0.2, 0.25) is 5.28 Å². The van der Waals surface area contributed by atoms with Gasteiger partial charge in [-0.15, -0.1) is 10.2 Å². The summed E-state index contributed by atoms with van der Waals surface area (Å²) in [6, 6.07) is 10.4. The van der Waals surface area contributed by atoms with Crippen LogP contribution in [0.5, 0.6) is 0 Å². The maximum atomic E-state index is 6.18. The van der Waals surface area contributed by atoms with E-state index < -0.39 is 0 Å². The predicted octanol–water partition coefficient (Wildman–Crippen LogP) is 3.34. The van der Waals surface area contributed by atoms with Crippen molar-refractivity contribution in [2.24, 2.45) is 0 Å². The molecule has 0 N–H and O–H groups in total. The molecule has 0 radical (unpaired) electrons. The molecule has 1 fully saturated rings. The molecule has 0 spiro atoms. The third kappa shape index (κ3) is 2.38. The van der Waals surface area contributed by atoms with Gasteiger partial charge >= 0.3 is 0 Å². The van der Waals surface area contributed by atoms with Crippen molar-refractivity contribution in [3.05, 3.63) is 35.6 Å². The van der Waals surface area contributed by atoms with E-state index in [9.17, 15) is 0 Å². The standard InChI is InChI=1S/C14H16ClN3O/c1-2-19-12-8-11(9-12)18-13(16-17-14(18)15)10-6-4-3-5-7-10/h3-7,11-12H,2,8-9H2,1H3. The van der Waals surface area contributed by atoms with Crippen molar-refractivity contribution < 1.29 is 4.74 Å². The molecule has 4 nitrogen and oxygen atoms in total. The van der Waals surface area contributed by atoms with Crippen LogP contribution in [0, 0.1) is 0 Å². The first-order chi connectivity index (χ1) is 9.29. The van der Waals surface area contributed by atoms with Gasteiger partial charge in [0.25, 0.3) is 0 Å². The Morgan fingerprint density at radius 3 is 2.68 bits per heavy atom. The van der Waals surface area contributed by atoms with Crippen LogP contribution in [-0.4, -0.2) is 27.5 Å². The van der Waals surface area contributed by atoms with Gasteiger partial charge in [0, 0.05) is 18.2 Å². The van der Waals surface area contributed by atoms with Crippen LogP contribution < -0.4 is 0 Å². The third-order valence-corrected chi connectivity index (χ3v) is 3.78. The van der Waals surface area contributed by atoms with E-state index in [0.29, 0.717) is 17.4 Å². The Labute approximate surface area is 117 Å². The summed E-state index contributed by atoms with van der Waals surface area (Å²) < 4.78 is 7.61. The fourth-order valence-electron chi connectivity index (χ4n) is 2.50. The monoisotopic (exact) mass is 277 g/mol. The molecule has 2 aromatic rings. The van der Waals surface area contributed by atoms with E-state index in [1.165, 1.54) is 0 Å². The predicted molar refractivity (Wildman–Crippen MR) is 74.2 cm³/mol. The first-order valence-electron chi connectivity index (χ1n) is 6.57. The smallest absolute Gasteiger partial charge is 0.225 e. The van der Waals surface area contributed by atoms with Gasteiger partial charge in [-0.3, -0.25) is 4.57 Å². The summed E-state index contributed by atoms with van der Waals surface area (Å²) in [6.45, 7) is 2.79. The van der Waals surface area contributed by atoms with E-state index in [0.717, 1.165) is 30.8 Å². The van der Waals surface area contributed by atoms with E-state index >= 15 is 0 Å². The van der Waals surface area contributed by atoms with Crippen molar-refractivity contribution in [1.29, 1.82) is 0 Å². The lowest BCUT2D eigenvalue weighted by Gasteiger charge is -2.36. The molecule has 1 aromatic heterocycles. The topological polar surface area (TPSA) is 39.9 Å². The van der Waals surface area contributed by atoms with Crippen LogP contribution in [-0.2, 0) is 4.74 Å². The molecule has 0 atom stereocenters. The summed E-state index contributed by atoms with van der Waals surface area (Å²) in [5.74, 6) is 0.838. The molecular formula is C14H16ClN3O. The number of nitrogens with zero attached hydrogens (tertiary/aromatic N) is 3. The zero-order valence-corrected chi connectivity index (χ0v) is 11.5. The fraction of sp³-hybridized carbons (Fsp3) is 0.429. The molecule has 0 amide bonds. The first-order valence-corrected chi connectivity index (χ1v) is 6.94. The Balaban J connectivity index is 1.85. The lowest BCUT2D eigenvalue weighted by Crippen LogP contribution is -2.33. The van der Waals surface area contributed by atoms with Crippen LogP contribution in [0.4, 0.5) is 0 Å². The molecule has 0 unspecified atom stereocenters. The highest BCUT2D eigenvalue weighted by Gasteiger charge is 2.34. The van der Waals surface area contributed by atoms with Crippen LogP contribution in [0.25, 0.3) is 11.4 Å². The van der Waals surface area contributed by atoms with E-state index in [-0.39, 0.29) is 0 Å². The van der Waals surface area contributed by atoms with Crippen LogP contribution in [0.1, 0.15) is 25.8 Å². The number of benzene rings is 1. The average molecular weight is 278 g/mol. The lowest BCUT2D eigenvalue weighted by atomic mass is 9.88. The molecule has 1 saturated carbocycles. The molecule has 0 bridgehead atoms. The minimum absolute atomic E-state index is 0.342. The zero-order valence-electron chi connectivity index (χ0n) is 10.8. The Bertz CT molecular complexity index is 549. The van der Waals surface area contributed by atoms with Gasteiger partial charge < -0.3 is 4.74 Å².